The molecule has 2 N–H and O–H groups in total. The van der Waals surface area contributed by atoms with Crippen LogP contribution in [0.25, 0.3) is 0 Å². The largest absolute Gasteiger partial charge is 0.508 e. The molecule has 3 heteroatoms. The Balaban J connectivity index is 2.37. The Morgan fingerprint density at radius 2 is 1.67 bits per heavy atom. The summed E-state index contributed by atoms with van der Waals surface area (Å²) in [6.07, 6.45) is 0.841. The number of phenols is 1. The molecule has 2 nitrogen and oxygen atoms in total. The number of benzene rings is 2. The highest BCUT2D eigenvalue weighted by Gasteiger charge is 2.10. The number of hydrogen-bond donors (Lipinski definition) is 2. The molecule has 21 heavy (non-hydrogen) atoms. The average Bonchev–Trinajstić information content (AvgIpc) is 2.43. The van der Waals surface area contributed by atoms with Crippen molar-refractivity contribution in [3.63, 3.8) is 0 Å². The van der Waals surface area contributed by atoms with E-state index < -0.39 is 0 Å². The van der Waals surface area contributed by atoms with Crippen LogP contribution in [-0.2, 0) is 6.42 Å². The predicted octanol–water partition coefficient (Wildman–Crippen LogP) is 5.29. The lowest BCUT2D eigenvalue weighted by Crippen LogP contribution is -1.98. The van der Waals surface area contributed by atoms with Crippen molar-refractivity contribution in [2.45, 2.75) is 44.9 Å². The first-order valence-corrected chi connectivity index (χ1v) is 7.93. The smallest absolute Gasteiger partial charge is 0.119 e. The first-order valence-electron chi connectivity index (χ1n) is 7.15. The van der Waals surface area contributed by atoms with Crippen molar-refractivity contribution in [3.05, 3.63) is 58.1 Å². The predicted molar refractivity (Wildman–Crippen MR) is 89.4 cm³/mol. The fraction of sp³-hybridized carbons (Fsp3) is 0.333. The molecule has 2 aromatic carbocycles. The van der Waals surface area contributed by atoms with Crippen LogP contribution < -0.4 is 0 Å². The van der Waals surface area contributed by atoms with Crippen molar-refractivity contribution >= 4 is 12.0 Å². The second-order valence-corrected chi connectivity index (χ2v) is 6.51. The summed E-state index contributed by atoms with van der Waals surface area (Å²) in [7, 11) is 0. The van der Waals surface area contributed by atoms with Crippen molar-refractivity contribution in [1.29, 1.82) is 0 Å². The van der Waals surface area contributed by atoms with Crippen LogP contribution in [0.1, 0.15) is 47.6 Å². The van der Waals surface area contributed by atoms with Gasteiger partial charge in [0.2, 0.25) is 0 Å². The molecular weight excluding hydrogens is 280 g/mol. The van der Waals surface area contributed by atoms with E-state index in [-0.39, 0.29) is 0 Å². The maximum absolute atomic E-state index is 9.92. The number of rotatable bonds is 4. The fourth-order valence-electron chi connectivity index (χ4n) is 2.67. The zero-order chi connectivity index (χ0) is 15.6. The van der Waals surface area contributed by atoms with E-state index in [4.69, 9.17) is 0 Å². The molecule has 0 atom stereocenters. The molecule has 0 aromatic heterocycles. The third-order valence-electron chi connectivity index (χ3n) is 3.87. The maximum atomic E-state index is 9.92. The summed E-state index contributed by atoms with van der Waals surface area (Å²) in [5.74, 6) is 0.675. The van der Waals surface area contributed by atoms with Gasteiger partial charge in [0.15, 0.2) is 0 Å². The lowest BCUT2D eigenvalue weighted by atomic mass is 9.93. The summed E-state index contributed by atoms with van der Waals surface area (Å²) in [5, 5.41) is 9.92. The van der Waals surface area contributed by atoms with E-state index in [0.29, 0.717) is 11.7 Å². The van der Waals surface area contributed by atoms with Crippen LogP contribution in [0.4, 0.5) is 0 Å². The van der Waals surface area contributed by atoms with E-state index in [1.54, 1.807) is 6.07 Å². The lowest BCUT2D eigenvalue weighted by Gasteiger charge is -2.14. The molecule has 2 aromatic rings. The summed E-state index contributed by atoms with van der Waals surface area (Å²) in [4.78, 5) is 0.877. The standard InChI is InChI=1S/C18H22O2S/c1-11(2)16-9-14(5-6-18(16)19)10-17-12(3)7-15(21-20)8-13(17)4/h5-9,11,19-20H,10H2,1-4H3. The van der Waals surface area contributed by atoms with Gasteiger partial charge in [-0.1, -0.05) is 26.0 Å². The normalized spacial score (nSPS) is 11.1. The summed E-state index contributed by atoms with van der Waals surface area (Å²) in [6.45, 7) is 8.32. The Morgan fingerprint density at radius 1 is 1.05 bits per heavy atom. The Morgan fingerprint density at radius 3 is 2.19 bits per heavy atom. The highest BCUT2D eigenvalue weighted by atomic mass is 32.2. The second-order valence-electron chi connectivity index (χ2n) is 5.85. The van der Waals surface area contributed by atoms with Crippen LogP contribution in [-0.4, -0.2) is 9.66 Å². The van der Waals surface area contributed by atoms with Crippen LogP contribution in [0, 0.1) is 13.8 Å². The van der Waals surface area contributed by atoms with Crippen LogP contribution in [0.15, 0.2) is 35.2 Å². The van der Waals surface area contributed by atoms with Gasteiger partial charge in [0.05, 0.1) is 0 Å². The van der Waals surface area contributed by atoms with E-state index in [2.05, 4.69) is 33.8 Å². The Bertz CT molecular complexity index is 625. The quantitative estimate of drug-likeness (QED) is 0.754. The summed E-state index contributed by atoms with van der Waals surface area (Å²) < 4.78 is 9.18. The van der Waals surface area contributed by atoms with Gasteiger partial charge in [-0.15, -0.1) is 0 Å². The van der Waals surface area contributed by atoms with E-state index in [0.717, 1.165) is 28.9 Å². The molecule has 0 bridgehead atoms. The van der Waals surface area contributed by atoms with Gasteiger partial charge in [0.25, 0.3) is 0 Å². The summed E-state index contributed by atoms with van der Waals surface area (Å²) in [5.41, 5.74) is 5.85. The van der Waals surface area contributed by atoms with Gasteiger partial charge in [-0.25, -0.2) is 0 Å². The van der Waals surface area contributed by atoms with Gasteiger partial charge in [0, 0.05) is 16.9 Å². The van der Waals surface area contributed by atoms with Gasteiger partial charge in [-0.05, 0) is 72.2 Å². The topological polar surface area (TPSA) is 40.5 Å². The highest BCUT2D eigenvalue weighted by molar-refractivity contribution is 7.93. The van der Waals surface area contributed by atoms with Gasteiger partial charge in [0.1, 0.15) is 5.75 Å². The molecule has 0 amide bonds. The van der Waals surface area contributed by atoms with Gasteiger partial charge in [-0.2, -0.15) is 0 Å². The van der Waals surface area contributed by atoms with Crippen molar-refractivity contribution in [3.8, 4) is 5.75 Å². The molecule has 0 fully saturated rings. The summed E-state index contributed by atoms with van der Waals surface area (Å²) in [6, 6.07) is 9.88. The Hall–Kier alpha value is -1.45. The molecule has 0 aliphatic heterocycles. The average molecular weight is 302 g/mol. The number of hydrogen-bond acceptors (Lipinski definition) is 3. The molecule has 0 saturated heterocycles. The van der Waals surface area contributed by atoms with Gasteiger partial charge < -0.3 is 9.66 Å². The number of aryl methyl sites for hydroxylation is 2. The van der Waals surface area contributed by atoms with Crippen molar-refractivity contribution in [2.75, 3.05) is 0 Å². The second kappa shape index (κ2) is 6.54. The summed E-state index contributed by atoms with van der Waals surface area (Å²) >= 11 is 0.787. The third-order valence-corrected chi connectivity index (χ3v) is 4.32. The zero-order valence-electron chi connectivity index (χ0n) is 13.0. The lowest BCUT2D eigenvalue weighted by molar-refractivity contribution is 0.464. The molecule has 112 valence electrons. The molecule has 0 heterocycles. The highest BCUT2D eigenvalue weighted by Crippen LogP contribution is 2.29. The molecule has 0 unspecified atom stereocenters. The van der Waals surface area contributed by atoms with Gasteiger partial charge in [-0.3, -0.25) is 0 Å². The SMILES string of the molecule is Cc1cc(SO)cc(C)c1Cc1ccc(O)c(C(C)C)c1. The van der Waals surface area contributed by atoms with Crippen LogP contribution >= 0.6 is 12.0 Å². The van der Waals surface area contributed by atoms with Crippen LogP contribution in [0.5, 0.6) is 5.75 Å². The molecule has 0 radical (unpaired) electrons. The zero-order valence-corrected chi connectivity index (χ0v) is 13.8. The van der Waals surface area contributed by atoms with Crippen molar-refractivity contribution < 1.29 is 9.66 Å². The van der Waals surface area contributed by atoms with Gasteiger partial charge >= 0.3 is 0 Å². The van der Waals surface area contributed by atoms with E-state index in [9.17, 15) is 9.66 Å². The number of aromatic hydroxyl groups is 1. The Kier molecular flexibility index (Phi) is 4.96. The first-order chi connectivity index (χ1) is 9.92. The molecule has 2 rings (SSSR count). The number of phenolic OH excluding ortho intramolecular Hbond substituents is 1. The molecule has 0 aliphatic carbocycles. The maximum Gasteiger partial charge on any atom is 0.119 e. The minimum atomic E-state index is 0.306. The molecule has 0 spiro atoms. The minimum absolute atomic E-state index is 0.306. The third kappa shape index (κ3) is 3.60. The molecular formula is C18H22O2S. The minimum Gasteiger partial charge on any atom is -0.508 e. The van der Waals surface area contributed by atoms with E-state index in [1.165, 1.54) is 22.3 Å². The van der Waals surface area contributed by atoms with Crippen molar-refractivity contribution in [1.82, 2.24) is 0 Å². The first kappa shape index (κ1) is 15.9. The fourth-order valence-corrected chi connectivity index (χ4v) is 3.12. The van der Waals surface area contributed by atoms with E-state index >= 15 is 0 Å². The van der Waals surface area contributed by atoms with Crippen LogP contribution in [0.3, 0.4) is 0 Å². The van der Waals surface area contributed by atoms with Crippen LogP contribution in [0.2, 0.25) is 0 Å². The van der Waals surface area contributed by atoms with E-state index in [1.807, 2.05) is 18.2 Å². The Labute approximate surface area is 131 Å². The van der Waals surface area contributed by atoms with Crippen molar-refractivity contribution in [2.24, 2.45) is 0 Å². The molecule has 0 saturated carbocycles. The monoisotopic (exact) mass is 302 g/mol. The molecule has 0 aliphatic rings.